The van der Waals surface area contributed by atoms with Gasteiger partial charge in [0.05, 0.1) is 18.4 Å². The van der Waals surface area contributed by atoms with Gasteiger partial charge in [0, 0.05) is 39.0 Å². The summed E-state index contributed by atoms with van der Waals surface area (Å²) in [7, 11) is 1.82. The molecule has 0 saturated carbocycles. The Morgan fingerprint density at radius 1 is 1.52 bits per heavy atom. The maximum absolute atomic E-state index is 12.2. The van der Waals surface area contributed by atoms with E-state index >= 15 is 0 Å². The molecule has 0 aromatic carbocycles. The third-order valence-electron chi connectivity index (χ3n) is 4.35. The Morgan fingerprint density at radius 2 is 2.43 bits per heavy atom. The molecule has 2 unspecified atom stereocenters. The molecule has 1 amide bonds. The van der Waals surface area contributed by atoms with E-state index in [1.165, 1.54) is 6.42 Å². The monoisotopic (exact) mass is 292 g/mol. The fourth-order valence-electron chi connectivity index (χ4n) is 3.24. The van der Waals surface area contributed by atoms with Crippen LogP contribution in [0, 0.1) is 5.92 Å². The molecule has 21 heavy (non-hydrogen) atoms. The molecule has 116 valence electrons. The van der Waals surface area contributed by atoms with Crippen molar-refractivity contribution in [2.75, 3.05) is 32.8 Å². The highest BCUT2D eigenvalue weighted by atomic mass is 16.5. The Hall–Kier alpha value is -1.40. The molecular formula is C15H24N4O2. The summed E-state index contributed by atoms with van der Waals surface area (Å²) in [5.41, 5.74) is 0.638. The zero-order chi connectivity index (χ0) is 14.7. The number of rotatable bonds is 4. The lowest BCUT2D eigenvalue weighted by atomic mass is 10.0. The first-order chi connectivity index (χ1) is 10.2. The largest absolute Gasteiger partial charge is 0.381 e. The predicted octanol–water partition coefficient (Wildman–Crippen LogP) is 0.651. The minimum absolute atomic E-state index is 0.0147. The maximum Gasteiger partial charge on any atom is 0.254 e. The highest BCUT2D eigenvalue weighted by Gasteiger charge is 2.25. The Kier molecular flexibility index (Phi) is 4.55. The van der Waals surface area contributed by atoms with Gasteiger partial charge in [0.1, 0.15) is 0 Å². The van der Waals surface area contributed by atoms with Gasteiger partial charge in [0.2, 0.25) is 0 Å². The summed E-state index contributed by atoms with van der Waals surface area (Å²) in [5.74, 6) is 0.650. The van der Waals surface area contributed by atoms with Crippen LogP contribution in [0.1, 0.15) is 29.6 Å². The summed E-state index contributed by atoms with van der Waals surface area (Å²) in [6.07, 6.45) is 6.75. The van der Waals surface area contributed by atoms with Crippen molar-refractivity contribution in [2.24, 2.45) is 13.0 Å². The summed E-state index contributed by atoms with van der Waals surface area (Å²) in [6, 6.07) is 0.244. The van der Waals surface area contributed by atoms with Crippen LogP contribution in [-0.2, 0) is 11.8 Å². The molecule has 2 fully saturated rings. The van der Waals surface area contributed by atoms with E-state index < -0.39 is 0 Å². The SMILES string of the molecule is Cn1cc(C(=O)NC2CCCN(CC3CCOC3)C2)cn1. The molecule has 0 aliphatic carbocycles. The second kappa shape index (κ2) is 6.58. The topological polar surface area (TPSA) is 59.4 Å². The number of piperidine rings is 1. The predicted molar refractivity (Wildman–Crippen MR) is 79.1 cm³/mol. The number of aryl methyl sites for hydroxylation is 1. The minimum atomic E-state index is -0.0147. The normalized spacial score (nSPS) is 26.9. The van der Waals surface area contributed by atoms with Crippen LogP contribution in [-0.4, -0.2) is 59.5 Å². The van der Waals surface area contributed by atoms with E-state index in [2.05, 4.69) is 15.3 Å². The number of likely N-dealkylation sites (tertiary alicyclic amines) is 1. The Labute approximate surface area is 125 Å². The standard InChI is InChI=1S/C15H24N4O2/c1-18-9-13(7-16-18)15(20)17-14-3-2-5-19(10-14)8-12-4-6-21-11-12/h7,9,12,14H,2-6,8,10-11H2,1H3,(H,17,20). The zero-order valence-corrected chi connectivity index (χ0v) is 12.6. The number of carbonyl (C=O) groups excluding carboxylic acids is 1. The molecule has 3 rings (SSSR count). The third kappa shape index (κ3) is 3.83. The molecule has 2 aliphatic rings. The molecular weight excluding hydrogens is 268 g/mol. The number of ether oxygens (including phenoxy) is 1. The molecule has 0 spiro atoms. The summed E-state index contributed by atoms with van der Waals surface area (Å²) in [5, 5.41) is 7.18. The Balaban J connectivity index is 1.50. The van der Waals surface area contributed by atoms with Gasteiger partial charge in [-0.15, -0.1) is 0 Å². The van der Waals surface area contributed by atoms with Crippen molar-refractivity contribution in [2.45, 2.75) is 25.3 Å². The van der Waals surface area contributed by atoms with E-state index in [4.69, 9.17) is 4.74 Å². The van der Waals surface area contributed by atoms with Crippen molar-refractivity contribution in [1.82, 2.24) is 20.0 Å². The van der Waals surface area contributed by atoms with E-state index in [0.717, 1.165) is 45.7 Å². The van der Waals surface area contributed by atoms with Gasteiger partial charge in [-0.25, -0.2) is 0 Å². The van der Waals surface area contributed by atoms with Gasteiger partial charge in [0.15, 0.2) is 0 Å². The highest BCUT2D eigenvalue weighted by molar-refractivity contribution is 5.93. The van der Waals surface area contributed by atoms with Crippen molar-refractivity contribution in [3.63, 3.8) is 0 Å². The molecule has 6 heteroatoms. The minimum Gasteiger partial charge on any atom is -0.381 e. The fourth-order valence-corrected chi connectivity index (χ4v) is 3.24. The molecule has 2 aliphatic heterocycles. The van der Waals surface area contributed by atoms with E-state index in [1.807, 2.05) is 7.05 Å². The van der Waals surface area contributed by atoms with E-state index in [1.54, 1.807) is 17.1 Å². The van der Waals surface area contributed by atoms with Crippen molar-refractivity contribution in [3.8, 4) is 0 Å². The van der Waals surface area contributed by atoms with Gasteiger partial charge in [0.25, 0.3) is 5.91 Å². The lowest BCUT2D eigenvalue weighted by molar-refractivity contribution is 0.0891. The second-order valence-corrected chi connectivity index (χ2v) is 6.20. The van der Waals surface area contributed by atoms with Crippen LogP contribution in [0.4, 0.5) is 0 Å². The molecule has 0 bridgehead atoms. The van der Waals surface area contributed by atoms with Crippen molar-refractivity contribution < 1.29 is 9.53 Å². The summed E-state index contributed by atoms with van der Waals surface area (Å²) in [6.45, 7) is 4.97. The average Bonchev–Trinajstić information content (AvgIpc) is 3.11. The van der Waals surface area contributed by atoms with Crippen LogP contribution >= 0.6 is 0 Å². The van der Waals surface area contributed by atoms with Crippen LogP contribution in [0.15, 0.2) is 12.4 Å². The van der Waals surface area contributed by atoms with Crippen molar-refractivity contribution in [3.05, 3.63) is 18.0 Å². The highest BCUT2D eigenvalue weighted by Crippen LogP contribution is 2.17. The maximum atomic E-state index is 12.2. The van der Waals surface area contributed by atoms with Crippen molar-refractivity contribution in [1.29, 1.82) is 0 Å². The van der Waals surface area contributed by atoms with Gasteiger partial charge in [-0.05, 0) is 31.7 Å². The lowest BCUT2D eigenvalue weighted by Gasteiger charge is -2.34. The summed E-state index contributed by atoms with van der Waals surface area (Å²) in [4.78, 5) is 14.6. The van der Waals surface area contributed by atoms with Crippen LogP contribution in [0.2, 0.25) is 0 Å². The average molecular weight is 292 g/mol. The number of nitrogens with one attached hydrogen (secondary N) is 1. The quantitative estimate of drug-likeness (QED) is 0.885. The van der Waals surface area contributed by atoms with Gasteiger partial charge in [-0.3, -0.25) is 9.48 Å². The molecule has 1 N–H and O–H groups in total. The van der Waals surface area contributed by atoms with Crippen LogP contribution in [0.25, 0.3) is 0 Å². The molecule has 2 saturated heterocycles. The van der Waals surface area contributed by atoms with Crippen molar-refractivity contribution >= 4 is 5.91 Å². The lowest BCUT2D eigenvalue weighted by Crippen LogP contribution is -2.48. The van der Waals surface area contributed by atoms with Crippen LogP contribution in [0.3, 0.4) is 0 Å². The van der Waals surface area contributed by atoms with Gasteiger partial charge < -0.3 is 15.0 Å². The number of hydrogen-bond donors (Lipinski definition) is 1. The zero-order valence-electron chi connectivity index (χ0n) is 12.6. The summed E-state index contributed by atoms with van der Waals surface area (Å²) >= 11 is 0. The summed E-state index contributed by atoms with van der Waals surface area (Å²) < 4.78 is 7.10. The van der Waals surface area contributed by atoms with E-state index in [0.29, 0.717) is 11.5 Å². The van der Waals surface area contributed by atoms with E-state index in [-0.39, 0.29) is 11.9 Å². The first-order valence-electron chi connectivity index (χ1n) is 7.80. The molecule has 1 aromatic heterocycles. The first kappa shape index (κ1) is 14.5. The molecule has 1 aromatic rings. The smallest absolute Gasteiger partial charge is 0.254 e. The van der Waals surface area contributed by atoms with Gasteiger partial charge >= 0.3 is 0 Å². The molecule has 6 nitrogen and oxygen atoms in total. The Morgan fingerprint density at radius 3 is 3.14 bits per heavy atom. The number of hydrogen-bond acceptors (Lipinski definition) is 4. The molecule has 0 radical (unpaired) electrons. The second-order valence-electron chi connectivity index (χ2n) is 6.20. The Bertz CT molecular complexity index is 482. The van der Waals surface area contributed by atoms with Gasteiger partial charge in [-0.1, -0.05) is 0 Å². The fraction of sp³-hybridized carbons (Fsp3) is 0.733. The van der Waals surface area contributed by atoms with Gasteiger partial charge in [-0.2, -0.15) is 5.10 Å². The first-order valence-corrected chi connectivity index (χ1v) is 7.80. The number of amides is 1. The number of carbonyl (C=O) groups is 1. The number of aromatic nitrogens is 2. The van der Waals surface area contributed by atoms with Crippen LogP contribution in [0.5, 0.6) is 0 Å². The third-order valence-corrected chi connectivity index (χ3v) is 4.35. The molecule has 2 atom stereocenters. The van der Waals surface area contributed by atoms with E-state index in [9.17, 15) is 4.79 Å². The number of nitrogens with zero attached hydrogens (tertiary/aromatic N) is 3. The molecule has 3 heterocycles. The van der Waals surface area contributed by atoms with Crippen LogP contribution < -0.4 is 5.32 Å².